The number of rotatable bonds is 3. The Hall–Kier alpha value is -2.11. The molecule has 0 amide bonds. The number of benzene rings is 2. The molecule has 0 bridgehead atoms. The lowest BCUT2D eigenvalue weighted by Gasteiger charge is -2.06. The first kappa shape index (κ1) is 14.3. The van der Waals surface area contributed by atoms with Crippen LogP contribution in [0.25, 0.3) is 11.1 Å². The van der Waals surface area contributed by atoms with Gasteiger partial charge in [0.05, 0.1) is 4.92 Å². The van der Waals surface area contributed by atoms with Gasteiger partial charge in [0, 0.05) is 21.7 Å². The number of hydrogen-bond acceptors (Lipinski definition) is 3. The predicted molar refractivity (Wildman–Crippen MR) is 75.5 cm³/mol. The minimum absolute atomic E-state index is 0.336. The summed E-state index contributed by atoms with van der Waals surface area (Å²) >= 11 is 11.8. The molecule has 0 heterocycles. The summed E-state index contributed by atoms with van der Waals surface area (Å²) in [6.07, 6.45) is 0. The second-order valence-electron chi connectivity index (χ2n) is 3.92. The molecular formula is C13H7Cl2NO4. The standard InChI is InChI=1S/C13H7Cl2NO4/c14-8-2-3-9(11(15)6-8)7-1-4-12(16(19)20)10(5-7)13(17)18/h1-6H,(H,17,18). The SMILES string of the molecule is O=C(O)c1cc(-c2ccc(Cl)cc2Cl)ccc1[N+](=O)[O-]. The van der Waals surface area contributed by atoms with Gasteiger partial charge in [0.15, 0.2) is 0 Å². The van der Waals surface area contributed by atoms with Crippen LogP contribution >= 0.6 is 23.2 Å². The second kappa shape index (κ2) is 5.48. The average molecular weight is 312 g/mol. The van der Waals surface area contributed by atoms with E-state index in [-0.39, 0.29) is 0 Å². The highest BCUT2D eigenvalue weighted by atomic mass is 35.5. The normalized spacial score (nSPS) is 10.3. The number of carboxylic acids is 1. The molecule has 0 unspecified atom stereocenters. The number of halogens is 2. The Morgan fingerprint density at radius 3 is 2.40 bits per heavy atom. The summed E-state index contributed by atoms with van der Waals surface area (Å²) in [6.45, 7) is 0. The van der Waals surface area contributed by atoms with Crippen LogP contribution in [-0.2, 0) is 0 Å². The third-order valence-electron chi connectivity index (χ3n) is 2.67. The fourth-order valence-electron chi connectivity index (χ4n) is 1.76. The molecule has 2 rings (SSSR count). The molecule has 0 radical (unpaired) electrons. The first-order chi connectivity index (χ1) is 9.40. The molecule has 0 aromatic heterocycles. The van der Waals surface area contributed by atoms with E-state index in [4.69, 9.17) is 28.3 Å². The van der Waals surface area contributed by atoms with Crippen molar-refractivity contribution in [3.63, 3.8) is 0 Å². The number of nitrogens with zero attached hydrogens (tertiary/aromatic N) is 1. The van der Waals surface area contributed by atoms with Crippen molar-refractivity contribution < 1.29 is 14.8 Å². The van der Waals surface area contributed by atoms with Crippen LogP contribution in [0.3, 0.4) is 0 Å². The fraction of sp³-hybridized carbons (Fsp3) is 0. The van der Waals surface area contributed by atoms with Gasteiger partial charge in [-0.1, -0.05) is 29.3 Å². The van der Waals surface area contributed by atoms with Gasteiger partial charge in [-0.05, 0) is 29.8 Å². The van der Waals surface area contributed by atoms with E-state index in [2.05, 4.69) is 0 Å². The molecule has 1 N–H and O–H groups in total. The van der Waals surface area contributed by atoms with Gasteiger partial charge in [0.25, 0.3) is 5.69 Å². The molecule has 2 aromatic rings. The number of carbonyl (C=O) groups is 1. The van der Waals surface area contributed by atoms with E-state index < -0.39 is 22.1 Å². The molecule has 0 aliphatic carbocycles. The van der Waals surface area contributed by atoms with E-state index >= 15 is 0 Å². The van der Waals surface area contributed by atoms with Crippen molar-refractivity contribution in [2.24, 2.45) is 0 Å². The predicted octanol–water partition coefficient (Wildman–Crippen LogP) is 4.27. The summed E-state index contributed by atoms with van der Waals surface area (Å²) in [5, 5.41) is 20.6. The molecule has 5 nitrogen and oxygen atoms in total. The molecule has 20 heavy (non-hydrogen) atoms. The van der Waals surface area contributed by atoms with Gasteiger partial charge in [-0.25, -0.2) is 4.79 Å². The van der Waals surface area contributed by atoms with E-state index in [1.165, 1.54) is 18.2 Å². The smallest absolute Gasteiger partial charge is 0.342 e. The Kier molecular flexibility index (Phi) is 3.92. The summed E-state index contributed by atoms with van der Waals surface area (Å²) in [5.74, 6) is -1.37. The average Bonchev–Trinajstić information content (AvgIpc) is 2.37. The van der Waals surface area contributed by atoms with Crippen LogP contribution < -0.4 is 0 Å². The van der Waals surface area contributed by atoms with Gasteiger partial charge in [0.2, 0.25) is 0 Å². The quantitative estimate of drug-likeness (QED) is 0.678. The van der Waals surface area contributed by atoms with Crippen molar-refractivity contribution in [1.29, 1.82) is 0 Å². The van der Waals surface area contributed by atoms with E-state index in [0.29, 0.717) is 21.2 Å². The number of hydrogen-bond donors (Lipinski definition) is 1. The van der Waals surface area contributed by atoms with Crippen LogP contribution in [0.4, 0.5) is 5.69 Å². The zero-order valence-electron chi connectivity index (χ0n) is 9.84. The van der Waals surface area contributed by atoms with Crippen LogP contribution in [0.5, 0.6) is 0 Å². The first-order valence-corrected chi connectivity index (χ1v) is 6.13. The van der Waals surface area contributed by atoms with Crippen molar-refractivity contribution in [3.8, 4) is 11.1 Å². The van der Waals surface area contributed by atoms with E-state index in [1.807, 2.05) is 0 Å². The number of nitro benzene ring substituents is 1. The van der Waals surface area contributed by atoms with Crippen molar-refractivity contribution in [1.82, 2.24) is 0 Å². The van der Waals surface area contributed by atoms with Crippen molar-refractivity contribution in [2.75, 3.05) is 0 Å². The molecule has 0 saturated carbocycles. The molecule has 0 atom stereocenters. The number of carboxylic acid groups (broad SMARTS) is 1. The van der Waals surface area contributed by atoms with Crippen molar-refractivity contribution >= 4 is 34.9 Å². The minimum atomic E-state index is -1.37. The molecule has 2 aromatic carbocycles. The maximum absolute atomic E-state index is 11.1. The van der Waals surface area contributed by atoms with Gasteiger partial charge in [-0.3, -0.25) is 10.1 Å². The maximum atomic E-state index is 11.1. The molecule has 0 fully saturated rings. The minimum Gasteiger partial charge on any atom is -0.477 e. The lowest BCUT2D eigenvalue weighted by molar-refractivity contribution is -0.385. The molecule has 0 aliphatic rings. The van der Waals surface area contributed by atoms with E-state index in [9.17, 15) is 14.9 Å². The summed E-state index contributed by atoms with van der Waals surface area (Å²) in [6, 6.07) is 8.54. The Morgan fingerprint density at radius 1 is 1.15 bits per heavy atom. The Labute approximate surface area is 123 Å². The van der Waals surface area contributed by atoms with Gasteiger partial charge in [0.1, 0.15) is 5.56 Å². The monoisotopic (exact) mass is 311 g/mol. The number of aromatic carboxylic acids is 1. The second-order valence-corrected chi connectivity index (χ2v) is 4.76. The summed E-state index contributed by atoms with van der Waals surface area (Å²) < 4.78 is 0. The first-order valence-electron chi connectivity index (χ1n) is 5.37. The van der Waals surface area contributed by atoms with Gasteiger partial charge < -0.3 is 5.11 Å². The third kappa shape index (κ3) is 2.74. The Morgan fingerprint density at radius 2 is 1.85 bits per heavy atom. The highest BCUT2D eigenvalue weighted by molar-refractivity contribution is 6.36. The fourth-order valence-corrected chi connectivity index (χ4v) is 2.28. The van der Waals surface area contributed by atoms with Crippen LogP contribution in [0.2, 0.25) is 10.0 Å². The van der Waals surface area contributed by atoms with Crippen LogP contribution in [0.15, 0.2) is 36.4 Å². The van der Waals surface area contributed by atoms with Crippen molar-refractivity contribution in [3.05, 3.63) is 62.1 Å². The third-order valence-corrected chi connectivity index (χ3v) is 3.21. The largest absolute Gasteiger partial charge is 0.477 e. The summed E-state index contributed by atoms with van der Waals surface area (Å²) in [7, 11) is 0. The topological polar surface area (TPSA) is 80.4 Å². The van der Waals surface area contributed by atoms with Gasteiger partial charge in [-0.2, -0.15) is 0 Å². The van der Waals surface area contributed by atoms with Crippen molar-refractivity contribution in [2.45, 2.75) is 0 Å². The van der Waals surface area contributed by atoms with E-state index in [0.717, 1.165) is 6.07 Å². The van der Waals surface area contributed by atoms with Crippen LogP contribution in [-0.4, -0.2) is 16.0 Å². The zero-order valence-corrected chi connectivity index (χ0v) is 11.4. The van der Waals surface area contributed by atoms with Crippen LogP contribution in [0.1, 0.15) is 10.4 Å². The Bertz CT molecular complexity index is 716. The zero-order chi connectivity index (χ0) is 14.9. The Balaban J connectivity index is 2.62. The van der Waals surface area contributed by atoms with Gasteiger partial charge in [-0.15, -0.1) is 0 Å². The highest BCUT2D eigenvalue weighted by Crippen LogP contribution is 2.33. The molecule has 0 spiro atoms. The van der Waals surface area contributed by atoms with E-state index in [1.54, 1.807) is 12.1 Å². The molecule has 0 aliphatic heterocycles. The lowest BCUT2D eigenvalue weighted by atomic mass is 10.0. The highest BCUT2D eigenvalue weighted by Gasteiger charge is 2.20. The molecule has 102 valence electrons. The van der Waals surface area contributed by atoms with Crippen LogP contribution in [0, 0.1) is 10.1 Å². The summed E-state index contributed by atoms with van der Waals surface area (Å²) in [4.78, 5) is 21.1. The molecular weight excluding hydrogens is 305 g/mol. The number of nitro groups is 1. The molecule has 7 heteroatoms. The lowest BCUT2D eigenvalue weighted by Crippen LogP contribution is -2.02. The summed E-state index contributed by atoms with van der Waals surface area (Å²) in [5.41, 5.74) is 0.160. The molecule has 0 saturated heterocycles. The van der Waals surface area contributed by atoms with Gasteiger partial charge >= 0.3 is 5.97 Å². The maximum Gasteiger partial charge on any atom is 0.342 e.